The minimum Gasteiger partial charge on any atom is -0.337 e. The van der Waals surface area contributed by atoms with Crippen molar-refractivity contribution >= 4 is 0 Å². The largest absolute Gasteiger partial charge is 0.415 e. The fraction of sp³-hybridized carbons (Fsp3) is 0.667. The lowest BCUT2D eigenvalue weighted by molar-refractivity contribution is -0.190. The van der Waals surface area contributed by atoms with Gasteiger partial charge in [-0.3, -0.25) is 0 Å². The Balaban J connectivity index is 3.07. The van der Waals surface area contributed by atoms with Gasteiger partial charge in [-0.1, -0.05) is 5.16 Å². The number of nitrogens with zero attached hydrogens (tertiary/aromatic N) is 2. The van der Waals surface area contributed by atoms with Crippen molar-refractivity contribution in [3.05, 3.63) is 11.7 Å². The van der Waals surface area contributed by atoms with Crippen LogP contribution in [0, 0.1) is 6.92 Å². The molecule has 0 saturated carbocycles. The summed E-state index contributed by atoms with van der Waals surface area (Å²) in [5.41, 5.74) is 2.42. The van der Waals surface area contributed by atoms with Gasteiger partial charge in [-0.2, -0.15) is 18.2 Å². The summed E-state index contributed by atoms with van der Waals surface area (Å²) in [6.45, 7) is 2.19. The van der Waals surface area contributed by atoms with Gasteiger partial charge in [-0.25, -0.2) is 0 Å². The second-order valence-electron chi connectivity index (χ2n) is 2.85. The quantitative estimate of drug-likeness (QED) is 0.729. The first-order chi connectivity index (χ1) is 5.75. The van der Waals surface area contributed by atoms with E-state index in [1.54, 1.807) is 0 Å². The Bertz CT molecular complexity index is 304. The Labute approximate surface area is 71.9 Å². The van der Waals surface area contributed by atoms with E-state index in [1.807, 2.05) is 0 Å². The topological polar surface area (TPSA) is 64.9 Å². The standard InChI is InChI=1S/C6H8F3N3O/c1-3-11-4(13-12-3)5(2,10)6(7,8)9/h10H2,1-2H3. The maximum Gasteiger partial charge on any atom is 0.415 e. The van der Waals surface area contributed by atoms with Crippen molar-refractivity contribution in [2.75, 3.05) is 0 Å². The van der Waals surface area contributed by atoms with Crippen LogP contribution in [0.15, 0.2) is 4.52 Å². The molecule has 1 heterocycles. The van der Waals surface area contributed by atoms with Gasteiger partial charge in [0.25, 0.3) is 5.89 Å². The van der Waals surface area contributed by atoms with E-state index in [4.69, 9.17) is 5.73 Å². The molecule has 1 aromatic heterocycles. The molecule has 0 bridgehead atoms. The number of aryl methyl sites for hydroxylation is 1. The van der Waals surface area contributed by atoms with Gasteiger partial charge in [-0.05, 0) is 13.8 Å². The first kappa shape index (κ1) is 9.97. The Kier molecular flexibility index (Phi) is 2.07. The van der Waals surface area contributed by atoms with E-state index in [9.17, 15) is 13.2 Å². The van der Waals surface area contributed by atoms with Crippen LogP contribution in [0.3, 0.4) is 0 Å². The van der Waals surface area contributed by atoms with Crippen molar-refractivity contribution in [3.63, 3.8) is 0 Å². The number of rotatable bonds is 1. The van der Waals surface area contributed by atoms with Crippen LogP contribution in [0.1, 0.15) is 18.6 Å². The first-order valence-corrected chi connectivity index (χ1v) is 3.41. The molecule has 0 aromatic carbocycles. The monoisotopic (exact) mass is 195 g/mol. The summed E-state index contributed by atoms with van der Waals surface area (Å²) in [7, 11) is 0. The first-order valence-electron chi connectivity index (χ1n) is 3.41. The Morgan fingerprint density at radius 3 is 2.23 bits per heavy atom. The van der Waals surface area contributed by atoms with Crippen LogP contribution >= 0.6 is 0 Å². The third-order valence-electron chi connectivity index (χ3n) is 1.56. The lowest BCUT2D eigenvalue weighted by atomic mass is 10.0. The third kappa shape index (κ3) is 1.64. The Hall–Kier alpha value is -1.11. The van der Waals surface area contributed by atoms with Crippen LogP contribution in [0.4, 0.5) is 13.2 Å². The molecule has 0 radical (unpaired) electrons. The van der Waals surface area contributed by atoms with E-state index in [2.05, 4.69) is 14.7 Å². The van der Waals surface area contributed by atoms with Crippen molar-refractivity contribution in [2.24, 2.45) is 5.73 Å². The van der Waals surface area contributed by atoms with Gasteiger partial charge in [0.2, 0.25) is 0 Å². The highest BCUT2D eigenvalue weighted by molar-refractivity contribution is 5.03. The fourth-order valence-corrected chi connectivity index (χ4v) is 0.629. The lowest BCUT2D eigenvalue weighted by Crippen LogP contribution is -2.48. The third-order valence-corrected chi connectivity index (χ3v) is 1.56. The smallest absolute Gasteiger partial charge is 0.337 e. The normalized spacial score (nSPS) is 17.1. The molecule has 1 atom stereocenters. The highest BCUT2D eigenvalue weighted by Gasteiger charge is 2.53. The van der Waals surface area contributed by atoms with Gasteiger partial charge in [0.05, 0.1) is 0 Å². The Morgan fingerprint density at radius 1 is 1.38 bits per heavy atom. The molecule has 0 fully saturated rings. The minimum atomic E-state index is -4.61. The lowest BCUT2D eigenvalue weighted by Gasteiger charge is -2.22. The molecular weight excluding hydrogens is 187 g/mol. The fourth-order valence-electron chi connectivity index (χ4n) is 0.629. The van der Waals surface area contributed by atoms with Crippen molar-refractivity contribution < 1.29 is 17.7 Å². The van der Waals surface area contributed by atoms with Crippen molar-refractivity contribution in [1.29, 1.82) is 0 Å². The maximum atomic E-state index is 12.3. The zero-order chi connectivity index (χ0) is 10.3. The molecule has 74 valence electrons. The summed E-state index contributed by atoms with van der Waals surface area (Å²) in [6, 6.07) is 0. The molecule has 0 aliphatic carbocycles. The molecule has 1 aromatic rings. The van der Waals surface area contributed by atoms with Crippen LogP contribution in [0.25, 0.3) is 0 Å². The number of nitrogens with two attached hydrogens (primary N) is 1. The van der Waals surface area contributed by atoms with E-state index in [-0.39, 0.29) is 5.82 Å². The predicted octanol–water partition coefficient (Wildman–Crippen LogP) is 1.11. The van der Waals surface area contributed by atoms with Gasteiger partial charge >= 0.3 is 6.18 Å². The zero-order valence-electron chi connectivity index (χ0n) is 7.01. The number of hydrogen-bond acceptors (Lipinski definition) is 4. The number of hydrogen-bond donors (Lipinski definition) is 1. The predicted molar refractivity (Wildman–Crippen MR) is 36.6 cm³/mol. The van der Waals surface area contributed by atoms with Crippen LogP contribution in [-0.4, -0.2) is 16.3 Å². The molecule has 1 rings (SSSR count). The summed E-state index contributed by atoms with van der Waals surface area (Å²) in [5, 5.41) is 3.23. The second-order valence-corrected chi connectivity index (χ2v) is 2.85. The molecule has 0 aliphatic heterocycles. The van der Waals surface area contributed by atoms with Gasteiger partial charge in [0.1, 0.15) is 0 Å². The summed E-state index contributed by atoms with van der Waals surface area (Å²) < 4.78 is 41.2. The Morgan fingerprint density at radius 2 is 1.92 bits per heavy atom. The maximum absolute atomic E-state index is 12.3. The summed E-state index contributed by atoms with van der Waals surface area (Å²) >= 11 is 0. The van der Waals surface area contributed by atoms with Crippen molar-refractivity contribution in [1.82, 2.24) is 10.1 Å². The highest BCUT2D eigenvalue weighted by Crippen LogP contribution is 2.35. The summed E-state index contributed by atoms with van der Waals surface area (Å²) in [6.07, 6.45) is -4.61. The van der Waals surface area contributed by atoms with Crippen molar-refractivity contribution in [3.8, 4) is 0 Å². The SMILES string of the molecule is Cc1noc(C(C)(N)C(F)(F)F)n1. The van der Waals surface area contributed by atoms with E-state index in [0.717, 1.165) is 6.92 Å². The van der Waals surface area contributed by atoms with Crippen LogP contribution < -0.4 is 5.73 Å². The number of alkyl halides is 3. The van der Waals surface area contributed by atoms with Gasteiger partial charge in [-0.15, -0.1) is 0 Å². The summed E-state index contributed by atoms with van der Waals surface area (Å²) in [5.74, 6) is -0.506. The highest BCUT2D eigenvalue weighted by atomic mass is 19.4. The second kappa shape index (κ2) is 2.69. The molecule has 2 N–H and O–H groups in total. The number of halogens is 3. The van der Waals surface area contributed by atoms with Crippen LogP contribution in [-0.2, 0) is 5.54 Å². The molecule has 13 heavy (non-hydrogen) atoms. The molecule has 0 amide bonds. The average molecular weight is 195 g/mol. The van der Waals surface area contributed by atoms with Crippen molar-refractivity contribution in [2.45, 2.75) is 25.6 Å². The van der Waals surface area contributed by atoms with Gasteiger partial charge < -0.3 is 10.3 Å². The zero-order valence-corrected chi connectivity index (χ0v) is 7.01. The van der Waals surface area contributed by atoms with E-state index < -0.39 is 17.6 Å². The van der Waals surface area contributed by atoms with Gasteiger partial charge in [0.15, 0.2) is 11.4 Å². The van der Waals surface area contributed by atoms with E-state index in [1.165, 1.54) is 6.92 Å². The molecule has 0 saturated heterocycles. The molecule has 4 nitrogen and oxygen atoms in total. The molecule has 0 aliphatic rings. The summed E-state index contributed by atoms with van der Waals surface area (Å²) in [4.78, 5) is 3.43. The molecule has 7 heteroatoms. The van der Waals surface area contributed by atoms with E-state index in [0.29, 0.717) is 0 Å². The van der Waals surface area contributed by atoms with Crippen LogP contribution in [0.2, 0.25) is 0 Å². The molecular formula is C6H8F3N3O. The molecule has 1 unspecified atom stereocenters. The average Bonchev–Trinajstić information content (AvgIpc) is 2.33. The molecule has 0 spiro atoms. The minimum absolute atomic E-state index is 0.121. The van der Waals surface area contributed by atoms with Gasteiger partial charge in [0, 0.05) is 0 Å². The van der Waals surface area contributed by atoms with E-state index >= 15 is 0 Å². The van der Waals surface area contributed by atoms with Crippen LogP contribution in [0.5, 0.6) is 0 Å². The number of aromatic nitrogens is 2.